The highest BCUT2D eigenvalue weighted by molar-refractivity contribution is 5.64. The zero-order valence-corrected chi connectivity index (χ0v) is 13.5. The molecule has 1 aliphatic carbocycles. The summed E-state index contributed by atoms with van der Waals surface area (Å²) in [7, 11) is 3.38. The van der Waals surface area contributed by atoms with Crippen molar-refractivity contribution in [2.45, 2.75) is 38.6 Å². The Balaban J connectivity index is 2.32. The van der Waals surface area contributed by atoms with E-state index < -0.39 is 6.09 Å². The third-order valence-electron chi connectivity index (χ3n) is 4.21. The second-order valence-electron chi connectivity index (χ2n) is 5.58. The topological polar surface area (TPSA) is 53.0 Å². The molecule has 1 N–H and O–H groups in total. The van der Waals surface area contributed by atoms with Crippen molar-refractivity contribution in [3.63, 3.8) is 0 Å². The molecule has 0 radical (unpaired) electrons. The van der Waals surface area contributed by atoms with Crippen molar-refractivity contribution < 1.29 is 14.6 Å². The maximum atomic E-state index is 10.9. The van der Waals surface area contributed by atoms with E-state index in [-0.39, 0.29) is 6.04 Å². The molecule has 5 nitrogen and oxygen atoms in total. The van der Waals surface area contributed by atoms with Crippen LogP contribution in [0.5, 0.6) is 0 Å². The molecule has 5 heteroatoms. The molecule has 21 heavy (non-hydrogen) atoms. The minimum atomic E-state index is -0.832. The average molecular weight is 296 g/mol. The third-order valence-corrected chi connectivity index (χ3v) is 4.21. The second kappa shape index (κ2) is 9.64. The van der Waals surface area contributed by atoms with Gasteiger partial charge in [0.1, 0.15) is 0 Å². The van der Waals surface area contributed by atoms with Gasteiger partial charge in [-0.3, -0.25) is 4.90 Å². The molecular formula is C16H28N2O3. The number of rotatable bonds is 6. The van der Waals surface area contributed by atoms with Crippen LogP contribution >= 0.6 is 0 Å². The van der Waals surface area contributed by atoms with Crippen LogP contribution < -0.4 is 0 Å². The zero-order chi connectivity index (χ0) is 15.7. The average Bonchev–Trinajstić information content (AvgIpc) is 2.50. The van der Waals surface area contributed by atoms with E-state index in [2.05, 4.69) is 23.7 Å². The summed E-state index contributed by atoms with van der Waals surface area (Å²) >= 11 is 0. The van der Waals surface area contributed by atoms with Crippen LogP contribution in [0.4, 0.5) is 4.79 Å². The number of ether oxygens (including phenoxy) is 1. The van der Waals surface area contributed by atoms with Crippen molar-refractivity contribution in [1.82, 2.24) is 9.80 Å². The lowest BCUT2D eigenvalue weighted by Gasteiger charge is -2.31. The normalized spacial score (nSPS) is 21.7. The van der Waals surface area contributed by atoms with Crippen LogP contribution in [0.2, 0.25) is 0 Å². The molecule has 0 heterocycles. The second-order valence-corrected chi connectivity index (χ2v) is 5.58. The zero-order valence-electron chi connectivity index (χ0n) is 13.5. The summed E-state index contributed by atoms with van der Waals surface area (Å²) in [4.78, 5) is 14.6. The van der Waals surface area contributed by atoms with Gasteiger partial charge >= 0.3 is 6.09 Å². The first kappa shape index (κ1) is 17.8. The molecule has 0 bridgehead atoms. The van der Waals surface area contributed by atoms with Crippen LogP contribution in [0.25, 0.3) is 0 Å². The van der Waals surface area contributed by atoms with E-state index in [9.17, 15) is 4.79 Å². The smallest absolute Gasteiger partial charge is 0.407 e. The summed E-state index contributed by atoms with van der Waals surface area (Å²) < 4.78 is 5.08. The van der Waals surface area contributed by atoms with Crippen LogP contribution in [-0.2, 0) is 4.74 Å². The lowest BCUT2D eigenvalue weighted by Crippen LogP contribution is -2.38. The maximum Gasteiger partial charge on any atom is 0.407 e. The molecule has 0 spiro atoms. The molecule has 1 saturated carbocycles. The number of methoxy groups -OCH3 is 1. The fraction of sp³-hybridized carbons (Fsp3) is 0.812. The Labute approximate surface area is 128 Å². The van der Waals surface area contributed by atoms with Crippen LogP contribution in [0.3, 0.4) is 0 Å². The van der Waals surface area contributed by atoms with Gasteiger partial charge in [-0.15, -0.1) is 0 Å². The lowest BCUT2D eigenvalue weighted by molar-refractivity contribution is 0.123. The Bertz CT molecular complexity index is 367. The number of nitrogens with zero attached hydrogens (tertiary/aromatic N) is 2. The first-order valence-corrected chi connectivity index (χ1v) is 7.73. The number of amides is 1. The van der Waals surface area contributed by atoms with Gasteiger partial charge in [0.15, 0.2) is 0 Å². The number of hydrogen-bond acceptors (Lipinski definition) is 3. The summed E-state index contributed by atoms with van der Waals surface area (Å²) in [5.74, 6) is 7.05. The Morgan fingerprint density at radius 2 is 2.00 bits per heavy atom. The highest BCUT2D eigenvalue weighted by atomic mass is 16.5. The first-order valence-electron chi connectivity index (χ1n) is 7.73. The van der Waals surface area contributed by atoms with Gasteiger partial charge in [0.2, 0.25) is 0 Å². The predicted molar refractivity (Wildman–Crippen MR) is 83.3 cm³/mol. The van der Waals surface area contributed by atoms with Crippen molar-refractivity contribution in [2.24, 2.45) is 5.92 Å². The molecule has 1 rings (SSSR count). The van der Waals surface area contributed by atoms with Gasteiger partial charge in [-0.25, -0.2) is 4.79 Å². The van der Waals surface area contributed by atoms with Crippen molar-refractivity contribution in [2.75, 3.05) is 40.4 Å². The molecule has 0 aromatic heterocycles. The summed E-state index contributed by atoms with van der Waals surface area (Å²) in [6.45, 7) is 5.55. The van der Waals surface area contributed by atoms with Gasteiger partial charge in [-0.1, -0.05) is 18.8 Å². The van der Waals surface area contributed by atoms with E-state index in [0.29, 0.717) is 5.92 Å². The van der Waals surface area contributed by atoms with Gasteiger partial charge in [-0.05, 0) is 32.2 Å². The van der Waals surface area contributed by atoms with Crippen LogP contribution in [0, 0.1) is 17.8 Å². The Morgan fingerprint density at radius 3 is 2.52 bits per heavy atom. The third kappa shape index (κ3) is 6.36. The molecule has 0 atom stereocenters. The Hall–Kier alpha value is -1.25. The maximum absolute atomic E-state index is 10.9. The van der Waals surface area contributed by atoms with Gasteiger partial charge in [0, 0.05) is 32.7 Å². The summed E-state index contributed by atoms with van der Waals surface area (Å²) in [5.41, 5.74) is 0. The van der Waals surface area contributed by atoms with E-state index in [1.54, 1.807) is 14.2 Å². The minimum absolute atomic E-state index is 0.161. The van der Waals surface area contributed by atoms with E-state index in [1.807, 2.05) is 0 Å². The van der Waals surface area contributed by atoms with Gasteiger partial charge in [0.25, 0.3) is 0 Å². The molecule has 0 aromatic carbocycles. The fourth-order valence-electron chi connectivity index (χ4n) is 2.63. The largest absolute Gasteiger partial charge is 0.465 e. The highest BCUT2D eigenvalue weighted by Crippen LogP contribution is 2.26. The standard InChI is InChI=1S/C16H28N2O3/c1-4-18(12-13-21-3)11-5-6-14-7-9-15(10-8-14)17(2)16(19)20/h14-15H,4,7-13H2,1-3H3,(H,19,20). The van der Waals surface area contributed by atoms with Crippen LogP contribution in [-0.4, -0.2) is 67.4 Å². The summed E-state index contributed by atoms with van der Waals surface area (Å²) in [5, 5.41) is 8.98. The van der Waals surface area contributed by atoms with E-state index in [4.69, 9.17) is 9.84 Å². The van der Waals surface area contributed by atoms with Crippen LogP contribution in [0.15, 0.2) is 0 Å². The van der Waals surface area contributed by atoms with Crippen molar-refractivity contribution in [1.29, 1.82) is 0 Å². The van der Waals surface area contributed by atoms with E-state index in [1.165, 1.54) is 4.90 Å². The lowest BCUT2D eigenvalue weighted by atomic mass is 9.86. The summed E-state index contributed by atoms with van der Waals surface area (Å²) in [6, 6.07) is 0.161. The Morgan fingerprint density at radius 1 is 1.33 bits per heavy atom. The van der Waals surface area contributed by atoms with Gasteiger partial charge in [0.05, 0.1) is 13.2 Å². The Kier molecular flexibility index (Phi) is 8.17. The van der Waals surface area contributed by atoms with Crippen molar-refractivity contribution in [3.8, 4) is 11.8 Å². The van der Waals surface area contributed by atoms with Gasteiger partial charge < -0.3 is 14.7 Å². The predicted octanol–water partition coefficient (Wildman–Crippen LogP) is 2.13. The van der Waals surface area contributed by atoms with E-state index >= 15 is 0 Å². The molecule has 0 aliphatic heterocycles. The fourth-order valence-corrected chi connectivity index (χ4v) is 2.63. The van der Waals surface area contributed by atoms with E-state index in [0.717, 1.165) is 51.9 Å². The molecule has 0 saturated heterocycles. The minimum Gasteiger partial charge on any atom is -0.465 e. The number of hydrogen-bond donors (Lipinski definition) is 1. The van der Waals surface area contributed by atoms with Crippen molar-refractivity contribution in [3.05, 3.63) is 0 Å². The number of carboxylic acid groups (broad SMARTS) is 1. The molecule has 1 aliphatic rings. The molecular weight excluding hydrogens is 268 g/mol. The number of carbonyl (C=O) groups is 1. The van der Waals surface area contributed by atoms with Crippen LogP contribution in [0.1, 0.15) is 32.6 Å². The molecule has 120 valence electrons. The molecule has 0 aromatic rings. The summed E-state index contributed by atoms with van der Waals surface area (Å²) in [6.07, 6.45) is 3.01. The monoisotopic (exact) mass is 296 g/mol. The first-order chi connectivity index (χ1) is 10.1. The van der Waals surface area contributed by atoms with Gasteiger partial charge in [-0.2, -0.15) is 0 Å². The van der Waals surface area contributed by atoms with Crippen molar-refractivity contribution >= 4 is 6.09 Å². The quantitative estimate of drug-likeness (QED) is 0.763. The molecule has 1 fully saturated rings. The highest BCUT2D eigenvalue weighted by Gasteiger charge is 2.25. The molecule has 1 amide bonds. The number of likely N-dealkylation sites (N-methyl/N-ethyl adjacent to an activating group) is 1. The molecule has 0 unspecified atom stereocenters. The SMILES string of the molecule is CCN(CC#CC1CCC(N(C)C(=O)O)CC1)CCOC.